The lowest BCUT2D eigenvalue weighted by Gasteiger charge is -2.10. The highest BCUT2D eigenvalue weighted by atomic mass is 31.2. The van der Waals surface area contributed by atoms with E-state index in [-0.39, 0.29) is 5.30 Å². The quantitative estimate of drug-likeness (QED) is 0.667. The van der Waals surface area contributed by atoms with Crippen molar-refractivity contribution in [2.45, 2.75) is 6.18 Å². The van der Waals surface area contributed by atoms with Crippen LogP contribution in [-0.2, 0) is 10.7 Å². The molecule has 0 saturated carbocycles. The molecule has 0 fully saturated rings. The number of hydrogen-bond donors (Lipinski definition) is 0. The first-order valence-corrected chi connectivity index (χ1v) is 6.54. The molecule has 0 amide bonds. The second kappa shape index (κ2) is 3.43. The zero-order valence-electron chi connectivity index (χ0n) is 7.80. The van der Waals surface area contributed by atoms with E-state index < -0.39 is 18.9 Å². The largest absolute Gasteiger partial charge is 0.416 e. The third-order valence-electron chi connectivity index (χ3n) is 1.80. The van der Waals surface area contributed by atoms with Crippen molar-refractivity contribution < 1.29 is 17.7 Å². The molecule has 0 atom stereocenters. The summed E-state index contributed by atoms with van der Waals surface area (Å²) in [5, 5.41) is 0.257. The van der Waals surface area contributed by atoms with Gasteiger partial charge in [0.25, 0.3) is 0 Å². The Hall–Kier alpha value is -0.760. The molecule has 0 saturated heterocycles. The Balaban J connectivity index is 3.22. The monoisotopic (exact) mass is 222 g/mol. The van der Waals surface area contributed by atoms with Crippen LogP contribution in [0.15, 0.2) is 24.3 Å². The fourth-order valence-electron chi connectivity index (χ4n) is 1.02. The van der Waals surface area contributed by atoms with Crippen molar-refractivity contribution >= 4 is 12.4 Å². The Morgan fingerprint density at radius 1 is 1.21 bits per heavy atom. The lowest BCUT2D eigenvalue weighted by atomic mass is 10.2. The summed E-state index contributed by atoms with van der Waals surface area (Å²) in [5.41, 5.74) is -0.751. The zero-order valence-corrected chi connectivity index (χ0v) is 8.69. The predicted molar refractivity (Wildman–Crippen MR) is 50.5 cm³/mol. The van der Waals surface area contributed by atoms with E-state index >= 15 is 0 Å². The number of alkyl halides is 3. The van der Waals surface area contributed by atoms with Crippen LogP contribution in [0.5, 0.6) is 0 Å². The van der Waals surface area contributed by atoms with E-state index in [4.69, 9.17) is 0 Å². The van der Waals surface area contributed by atoms with Gasteiger partial charge in [0.15, 0.2) is 0 Å². The summed E-state index contributed by atoms with van der Waals surface area (Å²) in [7, 11) is -2.61. The molecule has 0 bridgehead atoms. The molecule has 0 aliphatic carbocycles. The standard InChI is InChI=1S/C9H10F3OP/c1-14(2,13)8-5-3-4-7(6-8)9(10,11)12/h3-6H,1-2H3. The number of halogens is 3. The van der Waals surface area contributed by atoms with Gasteiger partial charge in [-0.2, -0.15) is 13.2 Å². The Morgan fingerprint density at radius 3 is 2.21 bits per heavy atom. The van der Waals surface area contributed by atoms with E-state index in [1.807, 2.05) is 0 Å². The molecular formula is C9H10F3OP. The van der Waals surface area contributed by atoms with Crippen LogP contribution in [0.1, 0.15) is 5.56 Å². The van der Waals surface area contributed by atoms with Crippen LogP contribution in [0.2, 0.25) is 0 Å². The SMILES string of the molecule is CP(C)(=O)c1cccc(C(F)(F)F)c1. The summed E-state index contributed by atoms with van der Waals surface area (Å²) in [6, 6.07) is 4.65. The van der Waals surface area contributed by atoms with Gasteiger partial charge in [-0.1, -0.05) is 12.1 Å². The lowest BCUT2D eigenvalue weighted by Crippen LogP contribution is -2.10. The maximum absolute atomic E-state index is 12.3. The molecule has 0 aliphatic heterocycles. The van der Waals surface area contributed by atoms with Gasteiger partial charge in [0.2, 0.25) is 0 Å². The van der Waals surface area contributed by atoms with E-state index in [1.54, 1.807) is 0 Å². The van der Waals surface area contributed by atoms with Crippen LogP contribution in [0, 0.1) is 0 Å². The lowest BCUT2D eigenvalue weighted by molar-refractivity contribution is -0.137. The highest BCUT2D eigenvalue weighted by Gasteiger charge is 2.31. The number of rotatable bonds is 1. The first-order valence-electron chi connectivity index (χ1n) is 3.94. The molecule has 0 radical (unpaired) electrons. The fraction of sp³-hybridized carbons (Fsp3) is 0.333. The van der Waals surface area contributed by atoms with Gasteiger partial charge in [-0.25, -0.2) is 0 Å². The minimum Gasteiger partial charge on any atom is -0.319 e. The van der Waals surface area contributed by atoms with Gasteiger partial charge in [-0.15, -0.1) is 0 Å². The number of hydrogen-bond acceptors (Lipinski definition) is 1. The number of benzene rings is 1. The molecule has 0 aromatic heterocycles. The van der Waals surface area contributed by atoms with Gasteiger partial charge >= 0.3 is 6.18 Å². The smallest absolute Gasteiger partial charge is 0.319 e. The molecule has 1 aromatic rings. The average Bonchev–Trinajstić information content (AvgIpc) is 2.01. The van der Waals surface area contributed by atoms with Gasteiger partial charge in [-0.05, 0) is 25.5 Å². The average molecular weight is 222 g/mol. The molecule has 1 aromatic carbocycles. The second-order valence-electron chi connectivity index (χ2n) is 3.40. The molecule has 1 rings (SSSR count). The third-order valence-corrected chi connectivity index (χ3v) is 3.32. The van der Waals surface area contributed by atoms with Crippen LogP contribution in [-0.4, -0.2) is 13.3 Å². The molecule has 0 unspecified atom stereocenters. The van der Waals surface area contributed by atoms with Crippen LogP contribution < -0.4 is 5.30 Å². The molecule has 0 heterocycles. The molecular weight excluding hydrogens is 212 g/mol. The molecule has 0 spiro atoms. The Kier molecular flexibility index (Phi) is 2.77. The highest BCUT2D eigenvalue weighted by Crippen LogP contribution is 2.36. The van der Waals surface area contributed by atoms with Crippen LogP contribution in [0.25, 0.3) is 0 Å². The maximum atomic E-state index is 12.3. The van der Waals surface area contributed by atoms with E-state index in [0.29, 0.717) is 0 Å². The topological polar surface area (TPSA) is 17.1 Å². The Bertz CT molecular complexity index is 378. The predicted octanol–water partition coefficient (Wildman–Crippen LogP) is 2.95. The van der Waals surface area contributed by atoms with Gasteiger partial charge in [0, 0.05) is 5.30 Å². The summed E-state index contributed by atoms with van der Waals surface area (Å²) in [5.74, 6) is 0. The summed E-state index contributed by atoms with van der Waals surface area (Å²) in [6.07, 6.45) is -4.37. The van der Waals surface area contributed by atoms with E-state index in [1.165, 1.54) is 25.5 Å². The molecule has 14 heavy (non-hydrogen) atoms. The minimum absolute atomic E-state index is 0.257. The van der Waals surface area contributed by atoms with Crippen molar-refractivity contribution in [3.05, 3.63) is 29.8 Å². The fourth-order valence-corrected chi connectivity index (χ4v) is 1.91. The minimum atomic E-state index is -4.37. The van der Waals surface area contributed by atoms with E-state index in [0.717, 1.165) is 12.1 Å². The maximum Gasteiger partial charge on any atom is 0.416 e. The van der Waals surface area contributed by atoms with Gasteiger partial charge < -0.3 is 4.57 Å². The summed E-state index contributed by atoms with van der Waals surface area (Å²) in [4.78, 5) is 0. The molecule has 5 heteroatoms. The Labute approximate surface area is 80.3 Å². The summed E-state index contributed by atoms with van der Waals surface area (Å²) in [6.45, 7) is 2.89. The van der Waals surface area contributed by atoms with E-state index in [2.05, 4.69) is 0 Å². The van der Waals surface area contributed by atoms with E-state index in [9.17, 15) is 17.7 Å². The van der Waals surface area contributed by atoms with Gasteiger partial charge in [0.05, 0.1) is 5.56 Å². The van der Waals surface area contributed by atoms with Crippen molar-refractivity contribution in [2.24, 2.45) is 0 Å². The zero-order chi connectivity index (χ0) is 11.0. The molecule has 0 aliphatic rings. The van der Waals surface area contributed by atoms with Gasteiger partial charge in [0.1, 0.15) is 7.14 Å². The van der Waals surface area contributed by atoms with Crippen LogP contribution in [0.4, 0.5) is 13.2 Å². The first kappa shape index (κ1) is 11.3. The molecule has 1 nitrogen and oxygen atoms in total. The first-order chi connectivity index (χ1) is 6.21. The molecule has 78 valence electrons. The van der Waals surface area contributed by atoms with Crippen molar-refractivity contribution in [3.8, 4) is 0 Å². The summed E-state index contributed by atoms with van der Waals surface area (Å²) >= 11 is 0. The second-order valence-corrected chi connectivity index (χ2v) is 6.62. The van der Waals surface area contributed by atoms with Crippen molar-refractivity contribution in [1.82, 2.24) is 0 Å². The Morgan fingerprint density at radius 2 is 1.79 bits per heavy atom. The van der Waals surface area contributed by atoms with Gasteiger partial charge in [-0.3, -0.25) is 0 Å². The molecule has 0 N–H and O–H groups in total. The van der Waals surface area contributed by atoms with Crippen molar-refractivity contribution in [3.63, 3.8) is 0 Å². The summed E-state index contributed by atoms with van der Waals surface area (Å²) < 4.78 is 48.3. The third kappa shape index (κ3) is 2.61. The highest BCUT2D eigenvalue weighted by molar-refractivity contribution is 7.70. The van der Waals surface area contributed by atoms with Crippen molar-refractivity contribution in [2.75, 3.05) is 13.3 Å². The normalized spacial score (nSPS) is 12.9. The van der Waals surface area contributed by atoms with Crippen LogP contribution >= 0.6 is 7.14 Å². The van der Waals surface area contributed by atoms with Crippen molar-refractivity contribution in [1.29, 1.82) is 0 Å². The van der Waals surface area contributed by atoms with Crippen LogP contribution in [0.3, 0.4) is 0 Å².